The van der Waals surface area contributed by atoms with Crippen LogP contribution in [0.5, 0.6) is 5.88 Å². The monoisotopic (exact) mass is 428 g/mol. The van der Waals surface area contributed by atoms with Gasteiger partial charge in [-0.2, -0.15) is 4.98 Å². The molecule has 154 valence electrons. The molecule has 0 saturated carbocycles. The van der Waals surface area contributed by atoms with Crippen LogP contribution in [0.25, 0.3) is 33.2 Å². The number of nitrogens with zero attached hydrogens (tertiary/aromatic N) is 3. The van der Waals surface area contributed by atoms with Crippen molar-refractivity contribution in [1.29, 1.82) is 0 Å². The van der Waals surface area contributed by atoms with Crippen molar-refractivity contribution in [3.63, 3.8) is 0 Å². The van der Waals surface area contributed by atoms with Crippen LogP contribution in [0.1, 0.15) is 18.1 Å². The van der Waals surface area contributed by atoms with Crippen molar-refractivity contribution < 1.29 is 4.74 Å². The van der Waals surface area contributed by atoms with Gasteiger partial charge in [-0.3, -0.25) is 0 Å². The fourth-order valence-electron chi connectivity index (χ4n) is 4.39. The molecule has 31 heavy (non-hydrogen) atoms. The second-order valence-electron chi connectivity index (χ2n) is 7.65. The molecule has 0 radical (unpaired) electrons. The molecule has 0 amide bonds. The smallest absolute Gasteiger partial charge is 0.223 e. The van der Waals surface area contributed by atoms with Crippen molar-refractivity contribution >= 4 is 39.7 Å². The van der Waals surface area contributed by atoms with E-state index in [-0.39, 0.29) is 0 Å². The van der Waals surface area contributed by atoms with E-state index in [1.54, 1.807) is 0 Å². The molecule has 3 aromatic heterocycles. The summed E-state index contributed by atoms with van der Waals surface area (Å²) in [6.45, 7) is 3.90. The van der Waals surface area contributed by atoms with Crippen LogP contribution in [-0.4, -0.2) is 31.8 Å². The summed E-state index contributed by atoms with van der Waals surface area (Å²) in [7, 11) is 0. The highest BCUT2D eigenvalue weighted by Gasteiger charge is 2.31. The number of hydrogen-bond donors (Lipinski definition) is 3. The third-order valence-electron chi connectivity index (χ3n) is 5.71. The normalized spacial score (nSPS) is 12.9. The predicted octanol–water partition coefficient (Wildman–Crippen LogP) is 5.08. The molecule has 8 heteroatoms. The molecule has 0 unspecified atom stereocenters. The van der Waals surface area contributed by atoms with Crippen LogP contribution >= 0.6 is 12.2 Å². The van der Waals surface area contributed by atoms with Crippen molar-refractivity contribution in [2.45, 2.75) is 20.0 Å². The summed E-state index contributed by atoms with van der Waals surface area (Å²) in [5.41, 5.74) is 7.07. The Bertz CT molecular complexity index is 1480. The summed E-state index contributed by atoms with van der Waals surface area (Å²) in [6.07, 6.45) is 1.97. The molecule has 4 heterocycles. The van der Waals surface area contributed by atoms with Gasteiger partial charge in [-0.05, 0) is 36.8 Å². The summed E-state index contributed by atoms with van der Waals surface area (Å²) < 4.78 is 6.26. The van der Waals surface area contributed by atoms with Crippen LogP contribution in [0.2, 0.25) is 0 Å². The highest BCUT2D eigenvalue weighted by atomic mass is 32.1. The number of rotatable bonds is 4. The molecule has 0 fully saturated rings. The third-order valence-corrected chi connectivity index (χ3v) is 5.90. The number of H-pyrrole nitrogens is 3. The fourth-order valence-corrected chi connectivity index (χ4v) is 4.58. The van der Waals surface area contributed by atoms with Crippen LogP contribution in [0, 0.1) is 4.77 Å². The predicted molar refractivity (Wildman–Crippen MR) is 124 cm³/mol. The second kappa shape index (κ2) is 6.95. The average Bonchev–Trinajstić information content (AvgIpc) is 3.37. The topological polar surface area (TPSA) is 85.6 Å². The van der Waals surface area contributed by atoms with Gasteiger partial charge >= 0.3 is 0 Å². The van der Waals surface area contributed by atoms with Crippen molar-refractivity contribution in [2.24, 2.45) is 0 Å². The van der Waals surface area contributed by atoms with E-state index >= 15 is 0 Å². The lowest BCUT2D eigenvalue weighted by Crippen LogP contribution is -2.27. The molecular formula is C23H20N6OS. The summed E-state index contributed by atoms with van der Waals surface area (Å²) in [4.78, 5) is 15.1. The van der Waals surface area contributed by atoms with Crippen molar-refractivity contribution in [1.82, 2.24) is 25.1 Å². The zero-order chi connectivity index (χ0) is 20.9. The number of hydrogen-bond acceptors (Lipinski definition) is 5. The Balaban J connectivity index is 1.62. The zero-order valence-electron chi connectivity index (χ0n) is 16.9. The molecule has 0 atom stereocenters. The summed E-state index contributed by atoms with van der Waals surface area (Å²) in [5.74, 6) is 0.582. The van der Waals surface area contributed by atoms with Crippen molar-refractivity contribution in [3.05, 3.63) is 64.6 Å². The number of nitrogens with one attached hydrogen (secondary N) is 3. The molecule has 0 spiro atoms. The zero-order valence-corrected chi connectivity index (χ0v) is 17.7. The standard InChI is InChI=1S/C23H20N6OS/c1-2-30-22-16-12-29(11-13-6-4-3-5-7-13)21-15-8-14-10-24-28-17(14)9-18(15)25-20(21)19(16)26-23(31)27-22/h3-10,24,28H,2,11-12H2,1H3,(H,26,27,31). The minimum Gasteiger partial charge on any atom is -0.478 e. The Hall–Kier alpha value is -3.65. The molecule has 0 bridgehead atoms. The molecule has 2 aromatic carbocycles. The van der Waals surface area contributed by atoms with Gasteiger partial charge in [0, 0.05) is 23.5 Å². The van der Waals surface area contributed by atoms with Crippen LogP contribution in [0.3, 0.4) is 0 Å². The Kier molecular flexibility index (Phi) is 4.07. The Morgan fingerprint density at radius 3 is 2.87 bits per heavy atom. The van der Waals surface area contributed by atoms with E-state index in [9.17, 15) is 0 Å². The van der Waals surface area contributed by atoms with Gasteiger partial charge in [0.15, 0.2) is 0 Å². The number of aromatic amines is 3. The first-order valence-electron chi connectivity index (χ1n) is 10.3. The van der Waals surface area contributed by atoms with Crippen molar-refractivity contribution in [3.8, 4) is 17.3 Å². The SMILES string of the molecule is CCOc1nc(=S)[nH]c2c1CN(Cc1ccccc1)c1c-2nc2cc3[nH][nH]cc3cc12. The fraction of sp³-hybridized carbons (Fsp3) is 0.174. The van der Waals surface area contributed by atoms with Gasteiger partial charge in [0.25, 0.3) is 0 Å². The Morgan fingerprint density at radius 1 is 1.16 bits per heavy atom. The number of fused-ring (bicyclic) bond motifs is 6. The van der Waals surface area contributed by atoms with Gasteiger partial charge in [0.1, 0.15) is 5.69 Å². The lowest BCUT2D eigenvalue weighted by atomic mass is 10.0. The van der Waals surface area contributed by atoms with E-state index in [1.165, 1.54) is 5.56 Å². The van der Waals surface area contributed by atoms with Crippen LogP contribution in [0.4, 0.5) is 5.69 Å². The molecule has 3 N–H and O–H groups in total. The van der Waals surface area contributed by atoms with E-state index in [2.05, 4.69) is 61.5 Å². The number of benzene rings is 2. The summed E-state index contributed by atoms with van der Waals surface area (Å²) >= 11 is 5.40. The first-order chi connectivity index (χ1) is 15.2. The quantitative estimate of drug-likeness (QED) is 0.348. The third kappa shape index (κ3) is 2.90. The summed E-state index contributed by atoms with van der Waals surface area (Å²) in [5, 5.41) is 8.46. The Labute approximate surface area is 183 Å². The van der Waals surface area contributed by atoms with E-state index < -0.39 is 0 Å². The average molecular weight is 429 g/mol. The molecule has 0 aliphatic carbocycles. The largest absolute Gasteiger partial charge is 0.478 e. The first kappa shape index (κ1) is 18.1. The van der Waals surface area contributed by atoms with Gasteiger partial charge in [-0.25, -0.2) is 4.98 Å². The molecule has 7 nitrogen and oxygen atoms in total. The molecule has 5 aromatic rings. The van der Waals surface area contributed by atoms with E-state index in [1.807, 2.05) is 19.2 Å². The lowest BCUT2D eigenvalue weighted by Gasteiger charge is -2.31. The maximum absolute atomic E-state index is 5.86. The number of anilines is 1. The minimum absolute atomic E-state index is 0.401. The highest BCUT2D eigenvalue weighted by molar-refractivity contribution is 7.71. The Morgan fingerprint density at radius 2 is 2.03 bits per heavy atom. The van der Waals surface area contributed by atoms with Gasteiger partial charge < -0.3 is 24.8 Å². The molecule has 0 saturated heterocycles. The van der Waals surface area contributed by atoms with E-state index in [4.69, 9.17) is 21.9 Å². The van der Waals surface area contributed by atoms with Crippen LogP contribution in [0.15, 0.2) is 48.7 Å². The van der Waals surface area contributed by atoms with Gasteiger partial charge in [0.05, 0.1) is 41.1 Å². The van der Waals surface area contributed by atoms with E-state index in [0.29, 0.717) is 23.8 Å². The van der Waals surface area contributed by atoms with E-state index in [0.717, 1.165) is 51.0 Å². The van der Waals surface area contributed by atoms with Gasteiger partial charge in [0.2, 0.25) is 10.7 Å². The van der Waals surface area contributed by atoms with Crippen LogP contribution in [-0.2, 0) is 13.1 Å². The molecule has 1 aliphatic heterocycles. The second-order valence-corrected chi connectivity index (χ2v) is 8.04. The van der Waals surface area contributed by atoms with Crippen molar-refractivity contribution in [2.75, 3.05) is 11.5 Å². The lowest BCUT2D eigenvalue weighted by molar-refractivity contribution is 0.321. The first-order valence-corrected chi connectivity index (χ1v) is 10.7. The molecule has 1 aliphatic rings. The summed E-state index contributed by atoms with van der Waals surface area (Å²) in [6, 6.07) is 14.7. The molecular weight excluding hydrogens is 408 g/mol. The maximum Gasteiger partial charge on any atom is 0.223 e. The highest BCUT2D eigenvalue weighted by Crippen LogP contribution is 2.45. The van der Waals surface area contributed by atoms with Gasteiger partial charge in [-0.15, -0.1) is 0 Å². The van der Waals surface area contributed by atoms with Crippen LogP contribution < -0.4 is 9.64 Å². The number of aromatic nitrogens is 5. The number of ether oxygens (including phenoxy) is 1. The van der Waals surface area contributed by atoms with Gasteiger partial charge in [-0.1, -0.05) is 30.3 Å². The molecule has 6 rings (SSSR count). The minimum atomic E-state index is 0.401. The maximum atomic E-state index is 5.86.